The second-order valence-corrected chi connectivity index (χ2v) is 11.2. The van der Waals surface area contributed by atoms with E-state index >= 15 is 0 Å². The third kappa shape index (κ3) is 6.34. The van der Waals surface area contributed by atoms with E-state index < -0.39 is 10.0 Å². The van der Waals surface area contributed by atoms with E-state index in [0.717, 1.165) is 35.3 Å². The van der Waals surface area contributed by atoms with E-state index in [2.05, 4.69) is 28.4 Å². The fourth-order valence-electron chi connectivity index (χ4n) is 4.85. The minimum Gasteiger partial charge on any atom is -0.377 e. The van der Waals surface area contributed by atoms with Gasteiger partial charge in [-0.3, -0.25) is 4.72 Å². The summed E-state index contributed by atoms with van der Waals surface area (Å²) in [5, 5.41) is 0.856. The highest BCUT2D eigenvalue weighted by molar-refractivity contribution is 7.92. The molecule has 12 heteroatoms. The number of aromatic nitrogens is 3. The largest absolute Gasteiger partial charge is 0.377 e. The molecule has 2 saturated heterocycles. The minimum absolute atomic E-state index is 0.124. The van der Waals surface area contributed by atoms with Gasteiger partial charge in [-0.15, -0.1) is 0 Å². The molecule has 2 aromatic heterocycles. The van der Waals surface area contributed by atoms with Crippen molar-refractivity contribution >= 4 is 38.5 Å². The molecule has 0 spiro atoms. The third-order valence-corrected chi connectivity index (χ3v) is 7.23. The number of nitrogens with one attached hydrogen (secondary N) is 1. The van der Waals surface area contributed by atoms with Gasteiger partial charge in [0.1, 0.15) is 12.5 Å². The monoisotopic (exact) mass is 559 g/mol. The van der Waals surface area contributed by atoms with Crippen LogP contribution in [0.15, 0.2) is 36.4 Å². The van der Waals surface area contributed by atoms with Crippen molar-refractivity contribution in [3.63, 3.8) is 0 Å². The van der Waals surface area contributed by atoms with E-state index in [4.69, 9.17) is 24.3 Å². The summed E-state index contributed by atoms with van der Waals surface area (Å²) in [4.78, 5) is 20.4. The Labute approximate surface area is 230 Å². The standard InChI is InChI=1S/C25H33N6O5S.C2H6/c1-17-15-35-12-10-29(17)23-21-8-9-22(19-6-5-7-20(14-19)28-37(4,32)33)31(34-3)24(21)27-25(26-23)30-11-13-36-16-18(30)2;1-2/h5-9,14,17-18,28H,10-13,15-16H2,1-4H3;1-2H3/q+1;/t17-,18-;/m0./s1. The van der Waals surface area contributed by atoms with Gasteiger partial charge >= 0.3 is 11.6 Å². The van der Waals surface area contributed by atoms with Gasteiger partial charge in [0.05, 0.1) is 44.8 Å². The van der Waals surface area contributed by atoms with Gasteiger partial charge in [0.2, 0.25) is 10.0 Å². The van der Waals surface area contributed by atoms with Crippen molar-refractivity contribution in [1.82, 2.24) is 9.97 Å². The second kappa shape index (κ2) is 12.3. The normalized spacial score (nSPS) is 19.8. The lowest BCUT2D eigenvalue weighted by Gasteiger charge is -2.35. The Kier molecular flexibility index (Phi) is 9.08. The first kappa shape index (κ1) is 28.8. The zero-order chi connectivity index (χ0) is 28.2. The lowest BCUT2D eigenvalue weighted by Crippen LogP contribution is -2.48. The van der Waals surface area contributed by atoms with Crippen LogP contribution in [0, 0.1) is 0 Å². The predicted octanol–water partition coefficient (Wildman–Crippen LogP) is 2.49. The van der Waals surface area contributed by atoms with Gasteiger partial charge in [-0.1, -0.05) is 26.0 Å². The number of pyridine rings is 1. The molecule has 0 amide bonds. The number of hydrogen-bond donors (Lipinski definition) is 1. The van der Waals surface area contributed by atoms with E-state index in [9.17, 15) is 8.42 Å². The summed E-state index contributed by atoms with van der Waals surface area (Å²) in [6.07, 6.45) is 1.13. The molecule has 0 radical (unpaired) electrons. The molecule has 0 saturated carbocycles. The van der Waals surface area contributed by atoms with Crippen LogP contribution in [0.25, 0.3) is 22.3 Å². The number of hydrogen-bond acceptors (Lipinski definition) is 9. The van der Waals surface area contributed by atoms with Crippen molar-refractivity contribution in [3.05, 3.63) is 36.4 Å². The van der Waals surface area contributed by atoms with Crippen LogP contribution >= 0.6 is 0 Å². The lowest BCUT2D eigenvalue weighted by molar-refractivity contribution is -0.857. The molecule has 3 aromatic rings. The molecule has 5 rings (SSSR count). The molecule has 1 aromatic carbocycles. The maximum Gasteiger partial charge on any atom is 0.377 e. The average molecular weight is 560 g/mol. The molecule has 2 fully saturated rings. The van der Waals surface area contributed by atoms with Gasteiger partial charge in [-0.05, 0) is 42.8 Å². The summed E-state index contributed by atoms with van der Waals surface area (Å²) in [6, 6.07) is 11.4. The number of anilines is 3. The Morgan fingerprint density at radius 2 is 1.67 bits per heavy atom. The Balaban J connectivity index is 0.00000172. The number of benzene rings is 1. The van der Waals surface area contributed by atoms with Crippen LogP contribution in [-0.2, 0) is 19.5 Å². The van der Waals surface area contributed by atoms with Crippen molar-refractivity contribution in [2.45, 2.75) is 39.8 Å². The highest BCUT2D eigenvalue weighted by Crippen LogP contribution is 2.31. The summed E-state index contributed by atoms with van der Waals surface area (Å²) < 4.78 is 39.1. The second-order valence-electron chi connectivity index (χ2n) is 9.47. The Morgan fingerprint density at radius 1 is 1.00 bits per heavy atom. The molecule has 2 atom stereocenters. The quantitative estimate of drug-likeness (QED) is 0.456. The zero-order valence-corrected chi connectivity index (χ0v) is 24.4. The molecule has 0 aliphatic carbocycles. The first-order valence-corrected chi connectivity index (χ1v) is 15.2. The molecule has 2 aliphatic rings. The van der Waals surface area contributed by atoms with Crippen LogP contribution in [-0.4, -0.2) is 83.4 Å². The molecular formula is C27H39N6O5S+. The van der Waals surface area contributed by atoms with Gasteiger partial charge in [-0.25, -0.2) is 8.42 Å². The summed E-state index contributed by atoms with van der Waals surface area (Å²) in [5.41, 5.74) is 2.60. The van der Waals surface area contributed by atoms with E-state index in [1.54, 1.807) is 30.0 Å². The van der Waals surface area contributed by atoms with Crippen LogP contribution in [0.1, 0.15) is 27.7 Å². The van der Waals surface area contributed by atoms with Gasteiger partial charge in [0.15, 0.2) is 11.5 Å². The highest BCUT2D eigenvalue weighted by Gasteiger charge is 2.33. The van der Waals surface area contributed by atoms with Crippen LogP contribution in [0.5, 0.6) is 0 Å². The van der Waals surface area contributed by atoms with Crippen molar-refractivity contribution in [2.24, 2.45) is 0 Å². The predicted molar refractivity (Wildman–Crippen MR) is 153 cm³/mol. The number of sulfonamides is 1. The van der Waals surface area contributed by atoms with Crippen molar-refractivity contribution < 1.29 is 27.5 Å². The smallest absolute Gasteiger partial charge is 0.377 e. The average Bonchev–Trinajstić information content (AvgIpc) is 2.92. The molecular weight excluding hydrogens is 520 g/mol. The Bertz CT molecular complexity index is 1400. The van der Waals surface area contributed by atoms with E-state index in [1.165, 1.54) is 0 Å². The zero-order valence-electron chi connectivity index (χ0n) is 23.5. The SMILES string of the molecule is CC.CO[n+]1c(-c2cccc(NS(C)(=O)=O)c2)ccc2c(N3CCOC[C@@H]3C)nc(N3CCOC[C@@H]3C)nc21. The highest BCUT2D eigenvalue weighted by atomic mass is 32.2. The Morgan fingerprint density at radius 3 is 2.28 bits per heavy atom. The fraction of sp³-hybridized carbons (Fsp3) is 0.519. The summed E-state index contributed by atoms with van der Waals surface area (Å²) in [5.74, 6) is 1.45. The number of rotatable bonds is 6. The van der Waals surface area contributed by atoms with Crippen molar-refractivity contribution in [1.29, 1.82) is 0 Å². The minimum atomic E-state index is -3.41. The number of ether oxygens (including phenoxy) is 2. The number of morpholine rings is 2. The molecule has 0 bridgehead atoms. The molecule has 1 N–H and O–H groups in total. The van der Waals surface area contributed by atoms with Gasteiger partial charge in [-0.2, -0.15) is 4.98 Å². The molecule has 212 valence electrons. The lowest BCUT2D eigenvalue weighted by atomic mass is 10.1. The van der Waals surface area contributed by atoms with Crippen LogP contribution in [0.4, 0.5) is 17.5 Å². The Hall–Kier alpha value is -3.22. The van der Waals surface area contributed by atoms with Gasteiger partial charge in [0.25, 0.3) is 0 Å². The first-order valence-electron chi connectivity index (χ1n) is 13.3. The number of fused-ring (bicyclic) bond motifs is 1. The van der Waals surface area contributed by atoms with Crippen LogP contribution < -0.4 is 24.1 Å². The molecule has 2 aliphatic heterocycles. The molecule has 11 nitrogen and oxygen atoms in total. The third-order valence-electron chi connectivity index (χ3n) is 6.62. The van der Waals surface area contributed by atoms with E-state index in [-0.39, 0.29) is 12.1 Å². The molecule has 4 heterocycles. The maximum atomic E-state index is 11.8. The van der Waals surface area contributed by atoms with Crippen molar-refractivity contribution in [3.8, 4) is 11.3 Å². The topological polar surface area (TPSA) is 110 Å². The summed E-state index contributed by atoms with van der Waals surface area (Å²) >= 11 is 0. The molecule has 0 unspecified atom stereocenters. The van der Waals surface area contributed by atoms with E-state index in [1.807, 2.05) is 32.0 Å². The molecule has 39 heavy (non-hydrogen) atoms. The van der Waals surface area contributed by atoms with Gasteiger partial charge in [0, 0.05) is 29.3 Å². The summed E-state index contributed by atoms with van der Waals surface area (Å²) in [6.45, 7) is 12.1. The number of nitrogens with zero attached hydrogens (tertiary/aromatic N) is 5. The van der Waals surface area contributed by atoms with Crippen LogP contribution in [0.2, 0.25) is 0 Å². The maximum absolute atomic E-state index is 11.8. The van der Waals surface area contributed by atoms with Gasteiger partial charge < -0.3 is 24.1 Å². The first-order chi connectivity index (χ1) is 18.7. The van der Waals surface area contributed by atoms with E-state index in [0.29, 0.717) is 50.3 Å². The summed E-state index contributed by atoms with van der Waals surface area (Å²) in [7, 11) is -1.82. The van der Waals surface area contributed by atoms with Crippen LogP contribution in [0.3, 0.4) is 0 Å². The fourth-order valence-corrected chi connectivity index (χ4v) is 5.41. The van der Waals surface area contributed by atoms with Crippen molar-refractivity contribution in [2.75, 3.05) is 67.4 Å².